The fraction of sp³-hybridized carbons (Fsp3) is 0. The van der Waals surface area contributed by atoms with Crippen LogP contribution in [0.5, 0.6) is 0 Å². The van der Waals surface area contributed by atoms with Gasteiger partial charge in [0.2, 0.25) is 0 Å². The number of hydrogen-bond donors (Lipinski definition) is 0. The molecule has 0 spiro atoms. The molecule has 3 heteroatoms. The number of para-hydroxylation sites is 2. The molecule has 0 aliphatic heterocycles. The number of hydrogen-bond acceptors (Lipinski definition) is 2. The Balaban J connectivity index is 1.30. The van der Waals surface area contributed by atoms with Crippen LogP contribution in [-0.4, -0.2) is 9.38 Å². The zero-order chi connectivity index (χ0) is 23.6. The molecule has 0 saturated carbocycles. The van der Waals surface area contributed by atoms with Crippen LogP contribution in [-0.2, 0) is 0 Å². The van der Waals surface area contributed by atoms with Gasteiger partial charge in [-0.3, -0.25) is 4.40 Å². The minimum atomic E-state index is 0.612. The minimum absolute atomic E-state index is 0.612. The van der Waals surface area contributed by atoms with Gasteiger partial charge in [0.15, 0.2) is 5.76 Å². The van der Waals surface area contributed by atoms with Crippen LogP contribution in [0.3, 0.4) is 0 Å². The predicted molar refractivity (Wildman–Crippen MR) is 148 cm³/mol. The zero-order valence-electron chi connectivity index (χ0n) is 19.3. The lowest BCUT2D eigenvalue weighted by Crippen LogP contribution is -1.85. The summed E-state index contributed by atoms with van der Waals surface area (Å²) in [4.78, 5) is 4.63. The largest absolute Gasteiger partial charge is 0.423 e. The SMILES string of the molecule is c1cc(-c2ccc3c4ccccc4c4ccccc4c3c2)cc(-c2cn3c(nc4ccccc43)o2)c1. The third-order valence-electron chi connectivity index (χ3n) is 7.24. The van der Waals surface area contributed by atoms with Gasteiger partial charge in [-0.1, -0.05) is 91.0 Å². The zero-order valence-corrected chi connectivity index (χ0v) is 19.3. The fourth-order valence-corrected chi connectivity index (χ4v) is 5.53. The summed E-state index contributed by atoms with van der Waals surface area (Å²) >= 11 is 0. The van der Waals surface area contributed by atoms with E-state index in [-0.39, 0.29) is 0 Å². The molecule has 8 aromatic rings. The van der Waals surface area contributed by atoms with Crippen LogP contribution in [0.1, 0.15) is 0 Å². The van der Waals surface area contributed by atoms with Crippen LogP contribution in [0, 0.1) is 0 Å². The van der Waals surface area contributed by atoms with Gasteiger partial charge in [0.1, 0.15) is 0 Å². The molecule has 0 radical (unpaired) electrons. The fourth-order valence-electron chi connectivity index (χ4n) is 5.53. The molecular weight excluding hydrogens is 440 g/mol. The summed E-state index contributed by atoms with van der Waals surface area (Å²) < 4.78 is 8.18. The predicted octanol–water partition coefficient (Wildman–Crippen LogP) is 8.87. The van der Waals surface area contributed by atoms with Crippen molar-refractivity contribution in [2.75, 3.05) is 0 Å². The van der Waals surface area contributed by atoms with Gasteiger partial charge in [-0.05, 0) is 67.7 Å². The number of nitrogens with zero attached hydrogens (tertiary/aromatic N) is 2. The summed E-state index contributed by atoms with van der Waals surface area (Å²) in [6.07, 6.45) is 2.03. The van der Waals surface area contributed by atoms with Crippen molar-refractivity contribution >= 4 is 49.2 Å². The smallest absolute Gasteiger partial charge is 0.307 e. The molecule has 8 rings (SSSR count). The quantitative estimate of drug-likeness (QED) is 0.241. The van der Waals surface area contributed by atoms with Gasteiger partial charge in [-0.2, -0.15) is 4.98 Å². The van der Waals surface area contributed by atoms with Gasteiger partial charge in [0, 0.05) is 5.56 Å². The molecule has 6 aromatic carbocycles. The highest BCUT2D eigenvalue weighted by atomic mass is 16.4. The molecule has 0 unspecified atom stereocenters. The molecule has 168 valence electrons. The molecule has 0 atom stereocenters. The monoisotopic (exact) mass is 460 g/mol. The average Bonchev–Trinajstić information content (AvgIpc) is 3.52. The molecule has 3 nitrogen and oxygen atoms in total. The van der Waals surface area contributed by atoms with Crippen LogP contribution in [0.4, 0.5) is 0 Å². The molecule has 36 heavy (non-hydrogen) atoms. The summed E-state index contributed by atoms with van der Waals surface area (Å²) in [5, 5.41) is 7.71. The second-order valence-electron chi connectivity index (χ2n) is 9.28. The van der Waals surface area contributed by atoms with Crippen molar-refractivity contribution in [3.05, 3.63) is 121 Å². The van der Waals surface area contributed by atoms with E-state index in [2.05, 4.69) is 102 Å². The summed E-state index contributed by atoms with van der Waals surface area (Å²) in [6.45, 7) is 0. The van der Waals surface area contributed by atoms with Crippen molar-refractivity contribution < 1.29 is 4.42 Å². The van der Waals surface area contributed by atoms with E-state index in [9.17, 15) is 0 Å². The second-order valence-corrected chi connectivity index (χ2v) is 9.28. The first kappa shape index (κ1) is 19.4. The van der Waals surface area contributed by atoms with Crippen molar-refractivity contribution in [3.8, 4) is 22.5 Å². The summed E-state index contributed by atoms with van der Waals surface area (Å²) in [6, 6.07) is 40.8. The maximum absolute atomic E-state index is 6.16. The standard InChI is InChI=1S/C33H20N2O/c1-2-12-26-24(10-1)25-11-3-4-13-27(25)29-19-22(16-17-28(26)29)21-8-7-9-23(18-21)32-20-35-31-15-6-5-14-30(31)34-33(35)36-32/h1-20H. The van der Waals surface area contributed by atoms with Crippen molar-refractivity contribution in [1.82, 2.24) is 9.38 Å². The van der Waals surface area contributed by atoms with E-state index < -0.39 is 0 Å². The van der Waals surface area contributed by atoms with E-state index in [1.54, 1.807) is 0 Å². The van der Waals surface area contributed by atoms with Crippen LogP contribution in [0.15, 0.2) is 126 Å². The van der Waals surface area contributed by atoms with Crippen molar-refractivity contribution in [1.29, 1.82) is 0 Å². The molecule has 0 aliphatic carbocycles. The normalized spacial score (nSPS) is 11.9. The van der Waals surface area contributed by atoms with E-state index in [1.807, 2.05) is 28.8 Å². The van der Waals surface area contributed by atoms with Gasteiger partial charge in [0.25, 0.3) is 0 Å². The maximum Gasteiger partial charge on any atom is 0.307 e. The van der Waals surface area contributed by atoms with Gasteiger partial charge < -0.3 is 4.42 Å². The van der Waals surface area contributed by atoms with E-state index in [0.717, 1.165) is 27.9 Å². The molecule has 0 N–H and O–H groups in total. The number of imidazole rings is 1. The topological polar surface area (TPSA) is 30.4 Å². The first-order valence-corrected chi connectivity index (χ1v) is 12.1. The Morgan fingerprint density at radius 1 is 0.500 bits per heavy atom. The van der Waals surface area contributed by atoms with Crippen LogP contribution < -0.4 is 0 Å². The van der Waals surface area contributed by atoms with Crippen molar-refractivity contribution in [2.24, 2.45) is 0 Å². The molecule has 0 saturated heterocycles. The molecule has 0 aliphatic rings. The van der Waals surface area contributed by atoms with Crippen LogP contribution in [0.25, 0.3) is 71.6 Å². The van der Waals surface area contributed by atoms with Crippen LogP contribution in [0.2, 0.25) is 0 Å². The Labute approximate surface area is 206 Å². The average molecular weight is 461 g/mol. The van der Waals surface area contributed by atoms with E-state index >= 15 is 0 Å². The Hall–Kier alpha value is -4.89. The number of aromatic nitrogens is 2. The summed E-state index contributed by atoms with van der Waals surface area (Å²) in [7, 11) is 0. The maximum atomic E-state index is 6.16. The highest BCUT2D eigenvalue weighted by Gasteiger charge is 2.13. The highest BCUT2D eigenvalue weighted by Crippen LogP contribution is 2.37. The number of oxazole rings is 1. The van der Waals surface area contributed by atoms with E-state index in [1.165, 1.54) is 37.9 Å². The summed E-state index contributed by atoms with van der Waals surface area (Å²) in [5.74, 6) is 1.42. The van der Waals surface area contributed by atoms with Crippen molar-refractivity contribution in [2.45, 2.75) is 0 Å². The molecule has 0 amide bonds. The molecule has 2 heterocycles. The van der Waals surface area contributed by atoms with Crippen LogP contribution >= 0.6 is 0 Å². The molecular formula is C33H20N2O. The molecule has 2 aromatic heterocycles. The number of rotatable bonds is 2. The number of fused-ring (bicyclic) bond motifs is 9. The van der Waals surface area contributed by atoms with Gasteiger partial charge >= 0.3 is 5.84 Å². The lowest BCUT2D eigenvalue weighted by Gasteiger charge is -2.12. The second kappa shape index (κ2) is 7.30. The Kier molecular flexibility index (Phi) is 3.94. The third kappa shape index (κ3) is 2.77. The van der Waals surface area contributed by atoms with Gasteiger partial charge in [0.05, 0.1) is 17.2 Å². The first-order valence-electron chi connectivity index (χ1n) is 12.1. The lowest BCUT2D eigenvalue weighted by atomic mass is 9.92. The molecule has 0 bridgehead atoms. The highest BCUT2D eigenvalue weighted by molar-refractivity contribution is 6.25. The molecule has 0 fully saturated rings. The van der Waals surface area contributed by atoms with Gasteiger partial charge in [-0.25, -0.2) is 0 Å². The minimum Gasteiger partial charge on any atom is -0.423 e. The van der Waals surface area contributed by atoms with Gasteiger partial charge in [-0.15, -0.1) is 0 Å². The first-order chi connectivity index (χ1) is 17.8. The Bertz CT molecular complexity index is 2080. The summed E-state index contributed by atoms with van der Waals surface area (Å²) in [5.41, 5.74) is 5.36. The van der Waals surface area contributed by atoms with Crippen molar-refractivity contribution in [3.63, 3.8) is 0 Å². The Morgan fingerprint density at radius 2 is 1.11 bits per heavy atom. The number of benzene rings is 6. The Morgan fingerprint density at radius 3 is 1.89 bits per heavy atom. The van der Waals surface area contributed by atoms with E-state index in [0.29, 0.717) is 5.84 Å². The third-order valence-corrected chi connectivity index (χ3v) is 7.24. The lowest BCUT2D eigenvalue weighted by molar-refractivity contribution is 0.611. The van der Waals surface area contributed by atoms with E-state index in [4.69, 9.17) is 4.42 Å².